The van der Waals surface area contributed by atoms with E-state index in [0.29, 0.717) is 6.61 Å². The molecule has 0 N–H and O–H groups in total. The molecule has 0 aliphatic rings. The van der Waals surface area contributed by atoms with Crippen LogP contribution in [0.5, 0.6) is 0 Å². The summed E-state index contributed by atoms with van der Waals surface area (Å²) in [6.07, 6.45) is 0.746. The van der Waals surface area contributed by atoms with Crippen LogP contribution in [0.1, 0.15) is 45.1 Å². The van der Waals surface area contributed by atoms with Crippen LogP contribution in [-0.4, -0.2) is 34.1 Å². The van der Waals surface area contributed by atoms with Crippen LogP contribution in [0.25, 0.3) is 0 Å². The lowest BCUT2D eigenvalue weighted by Crippen LogP contribution is -2.27. The highest BCUT2D eigenvalue weighted by Gasteiger charge is 2.20. The normalized spacial score (nSPS) is 11.5. The van der Waals surface area contributed by atoms with Gasteiger partial charge in [-0.1, -0.05) is 13.8 Å². The SMILES string of the molecule is CC(C)COC(=O)c1ccn(C(=O)OC(C)(C)C)n1. The van der Waals surface area contributed by atoms with Crippen LogP contribution in [0.2, 0.25) is 0 Å². The fourth-order valence-electron chi connectivity index (χ4n) is 1.16. The van der Waals surface area contributed by atoms with Gasteiger partial charge >= 0.3 is 12.1 Å². The zero-order valence-corrected chi connectivity index (χ0v) is 12.0. The third-order valence-corrected chi connectivity index (χ3v) is 1.93. The third kappa shape index (κ3) is 5.11. The van der Waals surface area contributed by atoms with Crippen molar-refractivity contribution in [2.75, 3.05) is 6.61 Å². The van der Waals surface area contributed by atoms with Gasteiger partial charge in [-0.3, -0.25) is 0 Å². The van der Waals surface area contributed by atoms with Crippen LogP contribution >= 0.6 is 0 Å². The Bertz CT molecular complexity index is 457. The number of ether oxygens (including phenoxy) is 2. The lowest BCUT2D eigenvalue weighted by molar-refractivity contribution is 0.0447. The Morgan fingerprint density at radius 1 is 1.37 bits per heavy atom. The highest BCUT2D eigenvalue weighted by molar-refractivity contribution is 5.87. The number of aromatic nitrogens is 2. The topological polar surface area (TPSA) is 70.4 Å². The van der Waals surface area contributed by atoms with Gasteiger partial charge in [0.25, 0.3) is 0 Å². The molecule has 0 unspecified atom stereocenters. The molecule has 0 saturated heterocycles. The first-order valence-corrected chi connectivity index (χ1v) is 6.15. The third-order valence-electron chi connectivity index (χ3n) is 1.93. The standard InChI is InChI=1S/C13H20N2O4/c1-9(2)8-18-11(16)10-6-7-15(14-10)12(17)19-13(3,4)5/h6-7,9H,8H2,1-5H3. The molecule has 6 nitrogen and oxygen atoms in total. The molecule has 1 heterocycles. The largest absolute Gasteiger partial charge is 0.461 e. The second-order valence-electron chi connectivity index (χ2n) is 5.62. The van der Waals surface area contributed by atoms with E-state index in [9.17, 15) is 9.59 Å². The van der Waals surface area contributed by atoms with Gasteiger partial charge in [0, 0.05) is 6.20 Å². The maximum Gasteiger partial charge on any atom is 0.435 e. The fraction of sp³-hybridized carbons (Fsp3) is 0.615. The van der Waals surface area contributed by atoms with E-state index in [-0.39, 0.29) is 11.6 Å². The van der Waals surface area contributed by atoms with Crippen molar-refractivity contribution in [3.05, 3.63) is 18.0 Å². The summed E-state index contributed by atoms with van der Waals surface area (Å²) >= 11 is 0. The number of hydrogen-bond donors (Lipinski definition) is 0. The van der Waals surface area contributed by atoms with Crippen LogP contribution in [0.4, 0.5) is 4.79 Å². The first kappa shape index (κ1) is 15.2. The zero-order valence-electron chi connectivity index (χ0n) is 12.0. The quantitative estimate of drug-likeness (QED) is 0.787. The smallest absolute Gasteiger partial charge is 0.435 e. The first-order chi connectivity index (χ1) is 8.69. The van der Waals surface area contributed by atoms with Gasteiger partial charge in [0.2, 0.25) is 0 Å². The molecule has 0 aliphatic carbocycles. The summed E-state index contributed by atoms with van der Waals surface area (Å²) in [4.78, 5) is 23.3. The van der Waals surface area contributed by atoms with Crippen molar-refractivity contribution in [3.63, 3.8) is 0 Å². The second-order valence-corrected chi connectivity index (χ2v) is 5.62. The maximum atomic E-state index is 11.7. The second kappa shape index (κ2) is 5.86. The van der Waals surface area contributed by atoms with Crippen LogP contribution in [0, 0.1) is 5.92 Å². The molecule has 1 rings (SSSR count). The van der Waals surface area contributed by atoms with E-state index in [2.05, 4.69) is 5.10 Å². The van der Waals surface area contributed by atoms with Crippen molar-refractivity contribution in [1.29, 1.82) is 0 Å². The number of carbonyl (C=O) groups excluding carboxylic acids is 2. The summed E-state index contributed by atoms with van der Waals surface area (Å²) in [6, 6.07) is 1.42. The van der Waals surface area contributed by atoms with Crippen LogP contribution in [-0.2, 0) is 9.47 Å². The molecule has 0 fully saturated rings. The zero-order chi connectivity index (χ0) is 14.6. The van der Waals surface area contributed by atoms with Crippen molar-refractivity contribution in [1.82, 2.24) is 9.78 Å². The van der Waals surface area contributed by atoms with Crippen LogP contribution in [0.15, 0.2) is 12.3 Å². The Morgan fingerprint density at radius 3 is 2.53 bits per heavy atom. The van der Waals surface area contributed by atoms with E-state index < -0.39 is 17.7 Å². The van der Waals surface area contributed by atoms with Crippen molar-refractivity contribution in [2.45, 2.75) is 40.2 Å². The van der Waals surface area contributed by atoms with Crippen molar-refractivity contribution >= 4 is 12.1 Å². The molecular formula is C13H20N2O4. The summed E-state index contributed by atoms with van der Waals surface area (Å²) < 4.78 is 11.1. The van der Waals surface area contributed by atoms with Gasteiger partial charge in [0.1, 0.15) is 5.60 Å². The highest BCUT2D eigenvalue weighted by atomic mass is 16.6. The molecule has 1 aromatic rings. The molecular weight excluding hydrogens is 248 g/mol. The minimum Gasteiger partial charge on any atom is -0.461 e. The first-order valence-electron chi connectivity index (χ1n) is 6.15. The van der Waals surface area contributed by atoms with E-state index in [1.54, 1.807) is 20.8 Å². The van der Waals surface area contributed by atoms with Crippen molar-refractivity contribution < 1.29 is 19.1 Å². The summed E-state index contributed by atoms with van der Waals surface area (Å²) in [7, 11) is 0. The summed E-state index contributed by atoms with van der Waals surface area (Å²) in [6.45, 7) is 9.46. The fourth-order valence-corrected chi connectivity index (χ4v) is 1.16. The predicted octanol–water partition coefficient (Wildman–Crippen LogP) is 2.48. The molecule has 0 aromatic carbocycles. The van der Waals surface area contributed by atoms with E-state index in [0.717, 1.165) is 4.68 Å². The molecule has 19 heavy (non-hydrogen) atoms. The highest BCUT2D eigenvalue weighted by Crippen LogP contribution is 2.09. The summed E-state index contributed by atoms with van der Waals surface area (Å²) in [5.41, 5.74) is -0.520. The Hall–Kier alpha value is -1.85. The van der Waals surface area contributed by atoms with Gasteiger partial charge in [-0.2, -0.15) is 9.78 Å². The van der Waals surface area contributed by atoms with E-state index in [1.807, 2.05) is 13.8 Å². The molecule has 0 bridgehead atoms. The molecule has 0 radical (unpaired) electrons. The molecule has 0 saturated carbocycles. The molecule has 0 spiro atoms. The molecule has 6 heteroatoms. The van der Waals surface area contributed by atoms with Gasteiger partial charge in [0.15, 0.2) is 5.69 Å². The molecule has 0 atom stereocenters. The molecule has 0 amide bonds. The number of rotatable bonds is 3. The minimum absolute atomic E-state index is 0.0894. The van der Waals surface area contributed by atoms with Crippen LogP contribution in [0.3, 0.4) is 0 Å². The van der Waals surface area contributed by atoms with Gasteiger partial charge in [-0.15, -0.1) is 0 Å². The number of carbonyl (C=O) groups is 2. The number of hydrogen-bond acceptors (Lipinski definition) is 5. The van der Waals surface area contributed by atoms with Gasteiger partial charge < -0.3 is 9.47 Å². The van der Waals surface area contributed by atoms with E-state index in [1.165, 1.54) is 12.3 Å². The monoisotopic (exact) mass is 268 g/mol. The van der Waals surface area contributed by atoms with Crippen LogP contribution < -0.4 is 0 Å². The molecule has 0 aliphatic heterocycles. The average molecular weight is 268 g/mol. The number of nitrogens with zero attached hydrogens (tertiary/aromatic N) is 2. The van der Waals surface area contributed by atoms with Crippen molar-refractivity contribution in [2.24, 2.45) is 5.92 Å². The Labute approximate surface area is 112 Å². The van der Waals surface area contributed by atoms with E-state index in [4.69, 9.17) is 9.47 Å². The lowest BCUT2D eigenvalue weighted by Gasteiger charge is -2.18. The average Bonchev–Trinajstić information content (AvgIpc) is 2.72. The Balaban J connectivity index is 2.66. The summed E-state index contributed by atoms with van der Waals surface area (Å²) in [5.74, 6) is -0.298. The Kier molecular flexibility index (Phi) is 4.69. The summed E-state index contributed by atoms with van der Waals surface area (Å²) in [5, 5.41) is 3.84. The minimum atomic E-state index is -0.629. The molecule has 1 aromatic heterocycles. The van der Waals surface area contributed by atoms with Crippen molar-refractivity contribution in [3.8, 4) is 0 Å². The maximum absolute atomic E-state index is 11.7. The Morgan fingerprint density at radius 2 is 2.00 bits per heavy atom. The number of esters is 1. The van der Waals surface area contributed by atoms with Gasteiger partial charge in [-0.05, 0) is 32.8 Å². The van der Waals surface area contributed by atoms with E-state index >= 15 is 0 Å². The molecule has 106 valence electrons. The lowest BCUT2D eigenvalue weighted by atomic mass is 10.2. The van der Waals surface area contributed by atoms with Gasteiger partial charge in [-0.25, -0.2) is 9.59 Å². The predicted molar refractivity (Wildman–Crippen MR) is 69.0 cm³/mol. The van der Waals surface area contributed by atoms with Gasteiger partial charge in [0.05, 0.1) is 6.61 Å².